The molecule has 12 heteroatoms. The Bertz CT molecular complexity index is 1800. The van der Waals surface area contributed by atoms with Crippen molar-refractivity contribution in [2.75, 3.05) is 11.9 Å². The third-order valence-corrected chi connectivity index (χ3v) is 8.03. The summed E-state index contributed by atoms with van der Waals surface area (Å²) in [6.07, 6.45) is -5.00. The summed E-state index contributed by atoms with van der Waals surface area (Å²) in [4.78, 5) is 52.0. The molecule has 0 aromatic heterocycles. The Morgan fingerprint density at radius 2 is 1.50 bits per heavy atom. The van der Waals surface area contributed by atoms with Crippen LogP contribution < -0.4 is 5.32 Å². The maximum Gasteiger partial charge on any atom is 0.416 e. The van der Waals surface area contributed by atoms with Gasteiger partial charge in [-0.05, 0) is 66.4 Å². The van der Waals surface area contributed by atoms with Gasteiger partial charge in [-0.2, -0.15) is 13.2 Å². The summed E-state index contributed by atoms with van der Waals surface area (Å²) in [5, 5.41) is 12.8. The first-order valence-electron chi connectivity index (χ1n) is 14.8. The number of aliphatic carboxylic acids is 1. The van der Waals surface area contributed by atoms with E-state index in [4.69, 9.17) is 21.1 Å². The van der Waals surface area contributed by atoms with E-state index in [0.717, 1.165) is 12.1 Å². The van der Waals surface area contributed by atoms with Crippen molar-refractivity contribution in [2.45, 2.75) is 44.4 Å². The maximum absolute atomic E-state index is 13.2. The molecule has 0 aliphatic carbocycles. The molecule has 0 saturated carbocycles. The molecule has 0 saturated heterocycles. The second-order valence-corrected chi connectivity index (χ2v) is 11.3. The Hall–Kier alpha value is -5.16. The molecule has 0 bridgehead atoms. The monoisotopic (exact) mass is 681 g/mol. The van der Waals surface area contributed by atoms with Crippen molar-refractivity contribution in [1.29, 1.82) is 0 Å². The number of amides is 1. The predicted octanol–water partition coefficient (Wildman–Crippen LogP) is 8.19. The highest BCUT2D eigenvalue weighted by Gasteiger charge is 2.50. The van der Waals surface area contributed by atoms with Crippen LogP contribution in [0.1, 0.15) is 58.5 Å². The summed E-state index contributed by atoms with van der Waals surface area (Å²) in [6, 6.07) is 22.6. The minimum atomic E-state index is -4.50. The molecule has 48 heavy (non-hydrogen) atoms. The van der Waals surface area contributed by atoms with Crippen molar-refractivity contribution in [3.8, 4) is 11.1 Å². The Balaban J connectivity index is 1.47. The first-order valence-corrected chi connectivity index (χ1v) is 15.2. The Morgan fingerprint density at radius 3 is 2.10 bits per heavy atom. The molecule has 0 fully saturated rings. The molecule has 0 radical (unpaired) electrons. The summed E-state index contributed by atoms with van der Waals surface area (Å²) in [5.41, 5.74) is -1.67. The molecule has 0 aliphatic rings. The van der Waals surface area contributed by atoms with Crippen molar-refractivity contribution >= 4 is 41.1 Å². The Labute approximate surface area is 279 Å². The largest absolute Gasteiger partial charge is 0.480 e. The van der Waals surface area contributed by atoms with E-state index in [0.29, 0.717) is 17.5 Å². The molecule has 4 aromatic carbocycles. The number of carboxylic acids is 1. The molecule has 4 rings (SSSR count). The quantitative estimate of drug-likeness (QED) is 0.114. The molecule has 250 valence electrons. The highest BCUT2D eigenvalue weighted by atomic mass is 35.5. The van der Waals surface area contributed by atoms with E-state index in [-0.39, 0.29) is 27.4 Å². The number of carbonyl (C=O) groups excluding carboxylic acids is 3. The lowest BCUT2D eigenvalue weighted by Gasteiger charge is -2.29. The number of hydrogen-bond donors (Lipinski definition) is 2. The second-order valence-electron chi connectivity index (χ2n) is 10.9. The van der Waals surface area contributed by atoms with Crippen LogP contribution in [0, 0.1) is 0 Å². The highest BCUT2D eigenvalue weighted by Crippen LogP contribution is 2.34. The summed E-state index contributed by atoms with van der Waals surface area (Å²) in [5.74, 6) is -3.92. The number of esters is 2. The van der Waals surface area contributed by atoms with E-state index in [1.54, 1.807) is 50.2 Å². The van der Waals surface area contributed by atoms with Crippen LogP contribution in [-0.2, 0) is 30.7 Å². The first-order chi connectivity index (χ1) is 22.8. The number of ether oxygens (including phenoxy) is 2. The molecule has 4 aromatic rings. The van der Waals surface area contributed by atoms with E-state index in [2.05, 4.69) is 5.32 Å². The zero-order valence-electron chi connectivity index (χ0n) is 25.8. The maximum atomic E-state index is 13.2. The smallest absolute Gasteiger partial charge is 0.416 e. The Morgan fingerprint density at radius 1 is 0.854 bits per heavy atom. The van der Waals surface area contributed by atoms with Gasteiger partial charge < -0.3 is 19.9 Å². The SMILES string of the molecule is CCC(C)OC(=O)C(CCOC(=O)c1ccc(NC(=O)c2ccccc2-c2ccc(C(F)(F)F)cc2)cc1Cl)(C(=O)O)c1ccccc1. The minimum Gasteiger partial charge on any atom is -0.480 e. The third kappa shape index (κ3) is 8.03. The minimum absolute atomic E-state index is 0.0809. The fourth-order valence-electron chi connectivity index (χ4n) is 4.87. The molecular weight excluding hydrogens is 651 g/mol. The number of carbonyl (C=O) groups is 4. The van der Waals surface area contributed by atoms with Gasteiger partial charge >= 0.3 is 24.1 Å². The van der Waals surface area contributed by atoms with Gasteiger partial charge in [0.05, 0.1) is 28.9 Å². The molecule has 0 spiro atoms. The van der Waals surface area contributed by atoms with Gasteiger partial charge in [-0.1, -0.05) is 79.2 Å². The third-order valence-electron chi connectivity index (χ3n) is 7.72. The van der Waals surface area contributed by atoms with E-state index >= 15 is 0 Å². The lowest BCUT2D eigenvalue weighted by molar-refractivity contribution is -0.166. The van der Waals surface area contributed by atoms with Gasteiger partial charge in [0.2, 0.25) is 0 Å². The van der Waals surface area contributed by atoms with Crippen LogP contribution in [0.25, 0.3) is 11.1 Å². The molecule has 0 heterocycles. The van der Waals surface area contributed by atoms with Crippen molar-refractivity contribution in [3.63, 3.8) is 0 Å². The topological polar surface area (TPSA) is 119 Å². The van der Waals surface area contributed by atoms with Crippen LogP contribution in [0.15, 0.2) is 97.1 Å². The first kappa shape index (κ1) is 35.7. The summed E-state index contributed by atoms with van der Waals surface area (Å²) >= 11 is 6.36. The van der Waals surface area contributed by atoms with Gasteiger partial charge in [-0.25, -0.2) is 4.79 Å². The van der Waals surface area contributed by atoms with Gasteiger partial charge in [0.25, 0.3) is 5.91 Å². The number of alkyl halides is 3. The van der Waals surface area contributed by atoms with Crippen LogP contribution in [0.4, 0.5) is 18.9 Å². The van der Waals surface area contributed by atoms with E-state index in [1.807, 2.05) is 0 Å². The number of hydrogen-bond acceptors (Lipinski definition) is 6. The fraction of sp³-hybridized carbons (Fsp3) is 0.222. The fourth-order valence-corrected chi connectivity index (χ4v) is 5.13. The van der Waals surface area contributed by atoms with Gasteiger partial charge in [0, 0.05) is 17.7 Å². The van der Waals surface area contributed by atoms with Crippen molar-refractivity contribution in [1.82, 2.24) is 0 Å². The van der Waals surface area contributed by atoms with Gasteiger partial charge in [-0.15, -0.1) is 0 Å². The van der Waals surface area contributed by atoms with Gasteiger partial charge in [0.15, 0.2) is 5.41 Å². The molecular formula is C36H31ClF3NO7. The predicted molar refractivity (Wildman–Crippen MR) is 173 cm³/mol. The Kier molecular flexibility index (Phi) is 11.3. The molecule has 0 aliphatic heterocycles. The molecule has 1 amide bonds. The molecule has 2 unspecified atom stereocenters. The van der Waals surface area contributed by atoms with E-state index in [1.165, 1.54) is 48.5 Å². The number of nitrogens with one attached hydrogen (secondary N) is 1. The zero-order valence-corrected chi connectivity index (χ0v) is 26.6. The summed E-state index contributed by atoms with van der Waals surface area (Å²) in [7, 11) is 0. The molecule has 2 atom stereocenters. The zero-order chi connectivity index (χ0) is 35.1. The summed E-state index contributed by atoms with van der Waals surface area (Å²) in [6.45, 7) is 2.96. The highest BCUT2D eigenvalue weighted by molar-refractivity contribution is 6.34. The normalized spacial score (nSPS) is 13.1. The number of halogens is 4. The molecule has 8 nitrogen and oxygen atoms in total. The van der Waals surface area contributed by atoms with Crippen LogP contribution in [0.3, 0.4) is 0 Å². The summed E-state index contributed by atoms with van der Waals surface area (Å²) < 4.78 is 49.8. The number of benzene rings is 4. The van der Waals surface area contributed by atoms with E-state index < -0.39 is 60.1 Å². The standard InChI is InChI=1S/C36H31ClF3NO7/c1-3-22(2)48-34(46)35(33(44)45,24-9-5-4-6-10-24)19-20-47-32(43)29-18-17-26(21-30(29)37)41-31(42)28-12-8-7-11-27(28)23-13-15-25(16-14-23)36(38,39)40/h4-18,21-22H,3,19-20H2,1-2H3,(H,41,42)(H,44,45). The van der Waals surface area contributed by atoms with E-state index in [9.17, 15) is 37.5 Å². The van der Waals surface area contributed by atoms with Crippen LogP contribution >= 0.6 is 11.6 Å². The lowest BCUT2D eigenvalue weighted by Crippen LogP contribution is -2.47. The second kappa shape index (κ2) is 15.2. The lowest BCUT2D eigenvalue weighted by atomic mass is 9.77. The number of rotatable bonds is 12. The molecule has 2 N–H and O–H groups in total. The van der Waals surface area contributed by atoms with Crippen LogP contribution in [0.2, 0.25) is 5.02 Å². The average molecular weight is 682 g/mol. The number of carboxylic acid groups (broad SMARTS) is 1. The average Bonchev–Trinajstić information content (AvgIpc) is 3.06. The van der Waals surface area contributed by atoms with Crippen LogP contribution in [0.5, 0.6) is 0 Å². The number of anilines is 1. The van der Waals surface area contributed by atoms with Gasteiger partial charge in [0.1, 0.15) is 0 Å². The van der Waals surface area contributed by atoms with Crippen LogP contribution in [-0.4, -0.2) is 41.6 Å². The van der Waals surface area contributed by atoms with Crippen molar-refractivity contribution < 1.29 is 46.9 Å². The van der Waals surface area contributed by atoms with Gasteiger partial charge in [-0.3, -0.25) is 14.4 Å². The van der Waals surface area contributed by atoms with Crippen molar-refractivity contribution in [2.24, 2.45) is 0 Å². The van der Waals surface area contributed by atoms with Crippen molar-refractivity contribution in [3.05, 3.63) is 124 Å².